The molecule has 3 nitrogen and oxygen atoms in total. The quantitative estimate of drug-likeness (QED) is 0.718. The predicted octanol–water partition coefficient (Wildman–Crippen LogP) is 5.12. The molecule has 0 aliphatic rings. The highest BCUT2D eigenvalue weighted by molar-refractivity contribution is 6.03. The molecular formula is C19H12F3NO2. The zero-order valence-corrected chi connectivity index (χ0v) is 12.8. The Labute approximate surface area is 141 Å². The Morgan fingerprint density at radius 1 is 1.00 bits per heavy atom. The SMILES string of the molecule is O=C(O)c1cc(/C=C/c2ccccc2C(F)(F)F)nc2ccccc12. The van der Waals surface area contributed by atoms with Crippen molar-refractivity contribution in [2.45, 2.75) is 6.18 Å². The summed E-state index contributed by atoms with van der Waals surface area (Å²) in [5.74, 6) is -1.12. The topological polar surface area (TPSA) is 50.2 Å². The Balaban J connectivity index is 2.07. The smallest absolute Gasteiger partial charge is 0.416 e. The Morgan fingerprint density at radius 3 is 2.40 bits per heavy atom. The van der Waals surface area contributed by atoms with Crippen LogP contribution < -0.4 is 0 Å². The normalized spacial score (nSPS) is 12.0. The Kier molecular flexibility index (Phi) is 4.27. The lowest BCUT2D eigenvalue weighted by atomic mass is 10.0. The largest absolute Gasteiger partial charge is 0.478 e. The lowest BCUT2D eigenvalue weighted by Gasteiger charge is -2.09. The van der Waals surface area contributed by atoms with E-state index in [9.17, 15) is 23.1 Å². The van der Waals surface area contributed by atoms with Gasteiger partial charge in [0.15, 0.2) is 0 Å². The summed E-state index contributed by atoms with van der Waals surface area (Å²) >= 11 is 0. The van der Waals surface area contributed by atoms with E-state index in [-0.39, 0.29) is 16.8 Å². The van der Waals surface area contributed by atoms with E-state index in [0.717, 1.165) is 6.07 Å². The summed E-state index contributed by atoms with van der Waals surface area (Å²) in [4.78, 5) is 15.7. The molecule has 0 aliphatic heterocycles. The number of alkyl halides is 3. The molecule has 1 heterocycles. The number of pyridine rings is 1. The third-order valence-electron chi connectivity index (χ3n) is 3.67. The standard InChI is InChI=1S/C19H12F3NO2/c20-19(21,22)16-7-3-1-5-12(16)9-10-13-11-15(18(24)25)14-6-2-4-8-17(14)23-13/h1-11H,(H,24,25)/b10-9+. The highest BCUT2D eigenvalue weighted by Gasteiger charge is 2.32. The van der Waals surface area contributed by atoms with E-state index >= 15 is 0 Å². The van der Waals surface area contributed by atoms with Crippen LogP contribution in [0.25, 0.3) is 23.1 Å². The molecule has 25 heavy (non-hydrogen) atoms. The minimum Gasteiger partial charge on any atom is -0.478 e. The zero-order valence-electron chi connectivity index (χ0n) is 12.8. The number of aromatic carboxylic acids is 1. The second-order valence-corrected chi connectivity index (χ2v) is 5.34. The van der Waals surface area contributed by atoms with Gasteiger partial charge in [-0.2, -0.15) is 13.2 Å². The van der Waals surface area contributed by atoms with Crippen molar-refractivity contribution in [1.82, 2.24) is 4.98 Å². The second-order valence-electron chi connectivity index (χ2n) is 5.34. The first kappa shape index (κ1) is 16.7. The molecule has 3 rings (SSSR count). The summed E-state index contributed by atoms with van der Waals surface area (Å²) in [5, 5.41) is 9.82. The van der Waals surface area contributed by atoms with Gasteiger partial charge < -0.3 is 5.11 Å². The van der Waals surface area contributed by atoms with Gasteiger partial charge in [0, 0.05) is 5.39 Å². The summed E-state index contributed by atoms with van der Waals surface area (Å²) in [6, 6.07) is 13.2. The van der Waals surface area contributed by atoms with Gasteiger partial charge in [0.25, 0.3) is 0 Å². The number of fused-ring (bicyclic) bond motifs is 1. The molecule has 0 fully saturated rings. The number of benzene rings is 2. The second kappa shape index (κ2) is 6.39. The van der Waals surface area contributed by atoms with Crippen LogP contribution in [0.4, 0.5) is 13.2 Å². The van der Waals surface area contributed by atoms with Crippen molar-refractivity contribution >= 4 is 29.0 Å². The van der Waals surface area contributed by atoms with Crippen molar-refractivity contribution in [3.63, 3.8) is 0 Å². The highest BCUT2D eigenvalue weighted by atomic mass is 19.4. The molecule has 1 aromatic heterocycles. The van der Waals surface area contributed by atoms with Crippen LogP contribution in [0.15, 0.2) is 54.6 Å². The summed E-state index contributed by atoms with van der Waals surface area (Å²) in [7, 11) is 0. The van der Waals surface area contributed by atoms with Crippen LogP contribution in [0.2, 0.25) is 0 Å². The van der Waals surface area contributed by atoms with Crippen molar-refractivity contribution in [3.8, 4) is 0 Å². The molecule has 0 atom stereocenters. The van der Waals surface area contributed by atoms with Gasteiger partial charge in [-0.15, -0.1) is 0 Å². The molecule has 0 aliphatic carbocycles. The Bertz CT molecular complexity index is 978. The number of para-hydroxylation sites is 1. The van der Waals surface area contributed by atoms with Crippen molar-refractivity contribution in [1.29, 1.82) is 0 Å². The first-order valence-corrected chi connectivity index (χ1v) is 7.33. The van der Waals surface area contributed by atoms with E-state index in [0.29, 0.717) is 10.9 Å². The van der Waals surface area contributed by atoms with Gasteiger partial charge in [-0.1, -0.05) is 42.5 Å². The van der Waals surface area contributed by atoms with Crippen LogP contribution in [0, 0.1) is 0 Å². The fraction of sp³-hybridized carbons (Fsp3) is 0.0526. The average Bonchev–Trinajstić information content (AvgIpc) is 2.58. The van der Waals surface area contributed by atoms with E-state index in [1.165, 1.54) is 36.4 Å². The zero-order chi connectivity index (χ0) is 18.0. The number of carboxylic acid groups (broad SMARTS) is 1. The van der Waals surface area contributed by atoms with Crippen molar-refractivity contribution in [2.24, 2.45) is 0 Å². The number of halogens is 3. The summed E-state index contributed by atoms with van der Waals surface area (Å²) in [6.07, 6.45) is -1.81. The molecule has 0 unspecified atom stereocenters. The lowest BCUT2D eigenvalue weighted by Crippen LogP contribution is -2.06. The molecule has 1 N–H and O–H groups in total. The molecule has 0 saturated carbocycles. The monoisotopic (exact) mass is 343 g/mol. The number of aromatic nitrogens is 1. The summed E-state index contributed by atoms with van der Waals surface area (Å²) in [5.41, 5.74) is 0.0147. The Hall–Kier alpha value is -3.15. The van der Waals surface area contributed by atoms with E-state index in [1.807, 2.05) is 0 Å². The molecular weight excluding hydrogens is 331 g/mol. The van der Waals surface area contributed by atoms with Crippen LogP contribution in [0.3, 0.4) is 0 Å². The van der Waals surface area contributed by atoms with Crippen molar-refractivity contribution in [3.05, 3.63) is 77.0 Å². The van der Waals surface area contributed by atoms with Crippen LogP contribution in [-0.2, 0) is 6.18 Å². The van der Waals surface area contributed by atoms with E-state index < -0.39 is 17.7 Å². The molecule has 0 radical (unpaired) electrons. The number of nitrogens with zero attached hydrogens (tertiary/aromatic N) is 1. The molecule has 0 amide bonds. The highest BCUT2D eigenvalue weighted by Crippen LogP contribution is 2.32. The maximum absolute atomic E-state index is 13.0. The fourth-order valence-corrected chi connectivity index (χ4v) is 2.53. The predicted molar refractivity (Wildman–Crippen MR) is 89.1 cm³/mol. The minimum atomic E-state index is -4.47. The summed E-state index contributed by atoms with van der Waals surface area (Å²) in [6.45, 7) is 0. The van der Waals surface area contributed by atoms with Gasteiger partial charge in [-0.25, -0.2) is 9.78 Å². The van der Waals surface area contributed by atoms with E-state index in [1.54, 1.807) is 24.3 Å². The molecule has 3 aromatic rings. The number of carbonyl (C=O) groups is 1. The third kappa shape index (κ3) is 3.52. The third-order valence-corrected chi connectivity index (χ3v) is 3.67. The average molecular weight is 343 g/mol. The molecule has 0 spiro atoms. The molecule has 126 valence electrons. The van der Waals surface area contributed by atoms with Gasteiger partial charge >= 0.3 is 12.1 Å². The lowest BCUT2D eigenvalue weighted by molar-refractivity contribution is -0.137. The maximum atomic E-state index is 13.0. The molecule has 0 saturated heterocycles. The van der Waals surface area contributed by atoms with Gasteiger partial charge in [0.1, 0.15) is 0 Å². The van der Waals surface area contributed by atoms with Gasteiger partial charge in [-0.3, -0.25) is 0 Å². The fourth-order valence-electron chi connectivity index (χ4n) is 2.53. The maximum Gasteiger partial charge on any atom is 0.416 e. The minimum absolute atomic E-state index is 0.0122. The molecule has 2 aromatic carbocycles. The van der Waals surface area contributed by atoms with Gasteiger partial charge in [0.2, 0.25) is 0 Å². The van der Waals surface area contributed by atoms with Crippen molar-refractivity contribution < 1.29 is 23.1 Å². The van der Waals surface area contributed by atoms with E-state index in [2.05, 4.69) is 4.98 Å². The van der Waals surface area contributed by atoms with Crippen LogP contribution in [0.1, 0.15) is 27.2 Å². The Morgan fingerprint density at radius 2 is 1.68 bits per heavy atom. The number of rotatable bonds is 3. The van der Waals surface area contributed by atoms with Crippen LogP contribution >= 0.6 is 0 Å². The van der Waals surface area contributed by atoms with Gasteiger partial charge in [-0.05, 0) is 29.8 Å². The van der Waals surface area contributed by atoms with Crippen LogP contribution in [-0.4, -0.2) is 16.1 Å². The summed E-state index contributed by atoms with van der Waals surface area (Å²) < 4.78 is 39.1. The first-order valence-electron chi connectivity index (χ1n) is 7.33. The number of carboxylic acids is 1. The van der Waals surface area contributed by atoms with Crippen molar-refractivity contribution in [2.75, 3.05) is 0 Å². The van der Waals surface area contributed by atoms with E-state index in [4.69, 9.17) is 0 Å². The number of hydrogen-bond acceptors (Lipinski definition) is 2. The van der Waals surface area contributed by atoms with Gasteiger partial charge in [0.05, 0.1) is 22.3 Å². The first-order chi connectivity index (χ1) is 11.9. The van der Waals surface area contributed by atoms with Crippen LogP contribution in [0.5, 0.6) is 0 Å². The molecule has 6 heteroatoms. The number of hydrogen-bond donors (Lipinski definition) is 1. The molecule has 0 bridgehead atoms.